The molecule has 0 aliphatic carbocycles. The number of nitrogens with zero attached hydrogens (tertiary/aromatic N) is 4. The molecule has 5 aromatic carbocycles. The highest BCUT2D eigenvalue weighted by Crippen LogP contribution is 2.42. The maximum atomic E-state index is 4.89. The van der Waals surface area contributed by atoms with Crippen LogP contribution in [0.2, 0.25) is 0 Å². The highest BCUT2D eigenvalue weighted by atomic mass is 32.2. The van der Waals surface area contributed by atoms with E-state index in [2.05, 4.69) is 197 Å². The van der Waals surface area contributed by atoms with Crippen LogP contribution < -0.4 is 4.90 Å². The van der Waals surface area contributed by atoms with Gasteiger partial charge in [-0.1, -0.05) is 176 Å². The maximum Gasteiger partial charge on any atom is 0.192 e. The number of anilines is 3. The Hall–Kier alpha value is -4.39. The van der Waals surface area contributed by atoms with Gasteiger partial charge in [-0.2, -0.15) is 4.98 Å². The van der Waals surface area contributed by atoms with E-state index in [1.54, 1.807) is 23.5 Å². The topological polar surface area (TPSA) is 41.9 Å². The predicted octanol–water partition coefficient (Wildman–Crippen LogP) is 14.3. The Morgan fingerprint density at radius 2 is 0.796 bits per heavy atom. The van der Waals surface area contributed by atoms with E-state index in [4.69, 9.17) is 15.0 Å². The molecule has 54 heavy (non-hydrogen) atoms. The van der Waals surface area contributed by atoms with Crippen LogP contribution in [-0.2, 0) is 5.41 Å². The largest absolute Gasteiger partial charge is 0.310 e. The molecule has 1 heterocycles. The van der Waals surface area contributed by atoms with Crippen LogP contribution in [0.25, 0.3) is 33.6 Å². The van der Waals surface area contributed by atoms with Crippen molar-refractivity contribution in [2.24, 2.45) is 0 Å². The van der Waals surface area contributed by atoms with Crippen molar-refractivity contribution in [3.8, 4) is 33.6 Å². The third kappa shape index (κ3) is 9.64. The molecule has 1 aromatic heterocycles. The van der Waals surface area contributed by atoms with Gasteiger partial charge in [0.05, 0.1) is 5.69 Å². The third-order valence-corrected chi connectivity index (χ3v) is 11.0. The van der Waals surface area contributed by atoms with Crippen molar-refractivity contribution < 1.29 is 0 Å². The van der Waals surface area contributed by atoms with Crippen molar-refractivity contribution >= 4 is 40.6 Å². The standard InChI is InChI=1S/C48H54N4S2/c1-31-13-15-34(16-14-31)36-21-25-40(26-22-36)52(42-32(2)29-39(30-33(42)3)46(4,5)6)41-27-23-37(24-28-41)35-17-19-38(20-18-35)43-49-44(53-47(7,8)9)51-45(50-43)54-48(10,11)12/h13-30H,1-12H3. The number of benzene rings is 5. The van der Waals surface area contributed by atoms with Crippen molar-refractivity contribution in [3.63, 3.8) is 0 Å². The lowest BCUT2D eigenvalue weighted by atomic mass is 9.84. The first-order valence-corrected chi connectivity index (χ1v) is 20.4. The zero-order valence-corrected chi connectivity index (χ0v) is 35.6. The fraction of sp³-hybridized carbons (Fsp3) is 0.312. The number of thioether (sulfide) groups is 2. The molecule has 0 radical (unpaired) electrons. The molecule has 6 rings (SSSR count). The molecular weight excluding hydrogens is 697 g/mol. The van der Waals surface area contributed by atoms with Gasteiger partial charge in [-0.3, -0.25) is 0 Å². The second kappa shape index (κ2) is 15.4. The molecule has 0 bridgehead atoms. The van der Waals surface area contributed by atoms with Gasteiger partial charge in [-0.25, -0.2) is 9.97 Å². The van der Waals surface area contributed by atoms with Gasteiger partial charge in [0.1, 0.15) is 0 Å². The van der Waals surface area contributed by atoms with Gasteiger partial charge >= 0.3 is 0 Å². The zero-order valence-electron chi connectivity index (χ0n) is 34.0. The summed E-state index contributed by atoms with van der Waals surface area (Å²) in [7, 11) is 0. The first-order valence-electron chi connectivity index (χ1n) is 18.8. The smallest absolute Gasteiger partial charge is 0.192 e. The summed E-state index contributed by atoms with van der Waals surface area (Å²) in [5.74, 6) is 0.706. The van der Waals surface area contributed by atoms with Gasteiger partial charge in [0.25, 0.3) is 0 Å². The summed E-state index contributed by atoms with van der Waals surface area (Å²) in [5, 5.41) is 1.51. The lowest BCUT2D eigenvalue weighted by molar-refractivity contribution is 0.589. The van der Waals surface area contributed by atoms with E-state index in [-0.39, 0.29) is 14.9 Å². The maximum absolute atomic E-state index is 4.89. The van der Waals surface area contributed by atoms with Crippen LogP contribution in [-0.4, -0.2) is 24.4 Å². The molecule has 0 saturated carbocycles. The van der Waals surface area contributed by atoms with Crippen molar-refractivity contribution in [3.05, 3.63) is 131 Å². The summed E-state index contributed by atoms with van der Waals surface area (Å²) >= 11 is 3.35. The number of aryl methyl sites for hydroxylation is 3. The molecule has 0 aliphatic rings. The van der Waals surface area contributed by atoms with Crippen LogP contribution in [0.15, 0.2) is 120 Å². The van der Waals surface area contributed by atoms with Crippen LogP contribution >= 0.6 is 23.5 Å². The Bertz CT molecular complexity index is 2160. The summed E-state index contributed by atoms with van der Waals surface area (Å²) in [5.41, 5.74) is 14.4. The molecule has 278 valence electrons. The van der Waals surface area contributed by atoms with E-state index in [9.17, 15) is 0 Å². The van der Waals surface area contributed by atoms with Crippen LogP contribution in [0.5, 0.6) is 0 Å². The van der Waals surface area contributed by atoms with Crippen LogP contribution in [0.4, 0.5) is 17.1 Å². The lowest BCUT2D eigenvalue weighted by Crippen LogP contribution is -2.16. The summed E-state index contributed by atoms with van der Waals surface area (Å²) < 4.78 is -0.0158. The normalized spacial score (nSPS) is 12.2. The van der Waals surface area contributed by atoms with Crippen molar-refractivity contribution in [2.45, 2.75) is 108 Å². The van der Waals surface area contributed by atoms with Crippen molar-refractivity contribution in [2.75, 3.05) is 4.90 Å². The molecular formula is C48H54N4S2. The van der Waals surface area contributed by atoms with E-state index >= 15 is 0 Å². The second-order valence-corrected chi connectivity index (χ2v) is 20.8. The average Bonchev–Trinajstić information content (AvgIpc) is 3.08. The van der Waals surface area contributed by atoms with Crippen LogP contribution in [0, 0.1) is 20.8 Å². The molecule has 0 aliphatic heterocycles. The van der Waals surface area contributed by atoms with E-state index in [1.807, 2.05) is 0 Å². The SMILES string of the molecule is Cc1ccc(-c2ccc(N(c3ccc(-c4ccc(-c5nc(SC(C)(C)C)nc(SC(C)(C)C)n5)cc4)cc3)c3c(C)cc(C(C)(C)C)cc3C)cc2)cc1. The molecule has 4 nitrogen and oxygen atoms in total. The Morgan fingerprint density at radius 1 is 0.444 bits per heavy atom. The van der Waals surface area contributed by atoms with E-state index in [1.165, 1.54) is 39.1 Å². The first kappa shape index (κ1) is 39.3. The van der Waals surface area contributed by atoms with E-state index in [0.29, 0.717) is 5.82 Å². The van der Waals surface area contributed by atoms with Gasteiger partial charge in [0.15, 0.2) is 16.1 Å². The van der Waals surface area contributed by atoms with Crippen LogP contribution in [0.1, 0.15) is 84.6 Å². The third-order valence-electron chi connectivity index (χ3n) is 9.08. The number of aromatic nitrogens is 3. The molecule has 0 unspecified atom stereocenters. The first-order chi connectivity index (χ1) is 25.3. The molecule has 6 aromatic rings. The summed E-state index contributed by atoms with van der Waals surface area (Å²) in [6, 6.07) is 39.9. The van der Waals surface area contributed by atoms with Gasteiger partial charge in [0.2, 0.25) is 0 Å². The number of hydrogen-bond donors (Lipinski definition) is 0. The number of rotatable bonds is 8. The Labute approximate surface area is 332 Å². The predicted molar refractivity (Wildman–Crippen MR) is 235 cm³/mol. The minimum atomic E-state index is -0.00789. The Balaban J connectivity index is 1.34. The molecule has 0 atom stereocenters. The van der Waals surface area contributed by atoms with Gasteiger partial charge in [-0.15, -0.1) is 0 Å². The number of hydrogen-bond acceptors (Lipinski definition) is 6. The molecule has 6 heteroatoms. The minimum absolute atomic E-state index is 0.00789. The molecule has 0 spiro atoms. The fourth-order valence-corrected chi connectivity index (χ4v) is 8.10. The van der Waals surface area contributed by atoms with E-state index in [0.717, 1.165) is 38.4 Å². The Morgan fingerprint density at radius 3 is 1.17 bits per heavy atom. The van der Waals surface area contributed by atoms with Crippen molar-refractivity contribution in [1.82, 2.24) is 15.0 Å². The molecule has 0 amide bonds. The van der Waals surface area contributed by atoms with Gasteiger partial charge < -0.3 is 4.90 Å². The van der Waals surface area contributed by atoms with Gasteiger partial charge in [-0.05, 0) is 89.4 Å². The van der Waals surface area contributed by atoms with Crippen molar-refractivity contribution in [1.29, 1.82) is 0 Å². The highest BCUT2D eigenvalue weighted by Gasteiger charge is 2.23. The highest BCUT2D eigenvalue weighted by molar-refractivity contribution is 8.01. The zero-order chi connectivity index (χ0) is 39.0. The Kier molecular flexibility index (Phi) is 11.2. The quantitative estimate of drug-likeness (QED) is 0.144. The monoisotopic (exact) mass is 750 g/mol. The minimum Gasteiger partial charge on any atom is -0.310 e. The summed E-state index contributed by atoms with van der Waals surface area (Å²) in [6.45, 7) is 26.6. The fourth-order valence-electron chi connectivity index (χ4n) is 6.42. The lowest BCUT2D eigenvalue weighted by Gasteiger charge is -2.31. The molecule has 0 fully saturated rings. The van der Waals surface area contributed by atoms with Gasteiger partial charge in [0, 0.05) is 26.4 Å². The summed E-state index contributed by atoms with van der Waals surface area (Å²) in [6.07, 6.45) is 0. The van der Waals surface area contributed by atoms with Crippen LogP contribution in [0.3, 0.4) is 0 Å². The summed E-state index contributed by atoms with van der Waals surface area (Å²) in [4.78, 5) is 17.0. The average molecular weight is 751 g/mol. The molecule has 0 N–H and O–H groups in total. The second-order valence-electron chi connectivity index (χ2n) is 17.2. The molecule has 0 saturated heterocycles. The van der Waals surface area contributed by atoms with E-state index < -0.39 is 0 Å².